The molecule has 0 bridgehead atoms. The van der Waals surface area contributed by atoms with Gasteiger partial charge in [0, 0.05) is 17.7 Å². The van der Waals surface area contributed by atoms with E-state index in [4.69, 9.17) is 14.0 Å². The molecule has 0 saturated heterocycles. The van der Waals surface area contributed by atoms with Crippen LogP contribution in [0.15, 0.2) is 40.9 Å². The quantitative estimate of drug-likeness (QED) is 0.528. The van der Waals surface area contributed by atoms with Gasteiger partial charge in [-0.25, -0.2) is 9.50 Å². The number of nitrogens with one attached hydrogen (secondary N) is 1. The summed E-state index contributed by atoms with van der Waals surface area (Å²) in [5.74, 6) is 0.720. The van der Waals surface area contributed by atoms with E-state index in [2.05, 4.69) is 20.6 Å². The van der Waals surface area contributed by atoms with Crippen molar-refractivity contribution in [2.75, 3.05) is 12.1 Å². The van der Waals surface area contributed by atoms with Gasteiger partial charge in [0.15, 0.2) is 34.4 Å². The molecule has 1 aliphatic heterocycles. The molecule has 0 atom stereocenters. The van der Waals surface area contributed by atoms with Crippen LogP contribution in [0.3, 0.4) is 0 Å². The summed E-state index contributed by atoms with van der Waals surface area (Å²) >= 11 is 0. The molecule has 4 heterocycles. The molecule has 1 aromatic carbocycles. The lowest BCUT2D eigenvalue weighted by atomic mass is 10.1. The zero-order valence-corrected chi connectivity index (χ0v) is 15.7. The van der Waals surface area contributed by atoms with Crippen molar-refractivity contribution in [3.05, 3.63) is 53.5 Å². The number of alkyl halides is 3. The summed E-state index contributed by atoms with van der Waals surface area (Å²) in [5.41, 5.74) is -1.06. The summed E-state index contributed by atoms with van der Waals surface area (Å²) in [6.07, 6.45) is -4.74. The van der Waals surface area contributed by atoms with Gasteiger partial charge in [-0.3, -0.25) is 4.79 Å². The first-order valence-corrected chi connectivity index (χ1v) is 8.91. The lowest BCUT2D eigenvalue weighted by Crippen LogP contribution is -2.15. The SMILES string of the molecule is Cc1cc(NC(=O)c2cc3nc(-c4ccc5c(c4)OCO5)cc(C(F)(F)F)n3n2)no1. The van der Waals surface area contributed by atoms with Crippen molar-refractivity contribution >= 4 is 17.4 Å². The molecule has 0 unspecified atom stereocenters. The van der Waals surface area contributed by atoms with Crippen molar-refractivity contribution in [1.29, 1.82) is 0 Å². The number of aryl methyl sites for hydroxylation is 1. The molecule has 1 aliphatic rings. The molecule has 0 radical (unpaired) electrons. The summed E-state index contributed by atoms with van der Waals surface area (Å²) in [4.78, 5) is 16.7. The number of halogens is 3. The van der Waals surface area contributed by atoms with Crippen molar-refractivity contribution in [3.63, 3.8) is 0 Å². The van der Waals surface area contributed by atoms with E-state index in [1.807, 2.05) is 0 Å². The average molecular weight is 431 g/mol. The van der Waals surface area contributed by atoms with E-state index in [0.29, 0.717) is 27.3 Å². The minimum atomic E-state index is -4.74. The number of carbonyl (C=O) groups is 1. The highest BCUT2D eigenvalue weighted by Gasteiger charge is 2.36. The van der Waals surface area contributed by atoms with Gasteiger partial charge in [0.25, 0.3) is 5.91 Å². The van der Waals surface area contributed by atoms with E-state index in [1.165, 1.54) is 12.1 Å². The summed E-state index contributed by atoms with van der Waals surface area (Å²) in [7, 11) is 0. The van der Waals surface area contributed by atoms with Crippen LogP contribution in [0, 0.1) is 6.92 Å². The Balaban J connectivity index is 1.58. The Labute approximate surface area is 171 Å². The minimum Gasteiger partial charge on any atom is -0.454 e. The summed E-state index contributed by atoms with van der Waals surface area (Å²) < 4.78 is 57.2. The second-order valence-electron chi connectivity index (χ2n) is 6.67. The monoisotopic (exact) mass is 431 g/mol. The molecule has 1 amide bonds. The van der Waals surface area contributed by atoms with E-state index in [1.54, 1.807) is 19.1 Å². The van der Waals surface area contributed by atoms with Crippen LogP contribution in [0.5, 0.6) is 11.5 Å². The Kier molecular flexibility index (Phi) is 4.10. The Morgan fingerprint density at radius 3 is 2.68 bits per heavy atom. The number of aromatic nitrogens is 4. The van der Waals surface area contributed by atoms with Crippen LogP contribution in [0.1, 0.15) is 21.9 Å². The van der Waals surface area contributed by atoms with Crippen molar-refractivity contribution in [2.45, 2.75) is 13.1 Å². The molecule has 0 saturated carbocycles. The number of rotatable bonds is 3. The fraction of sp³-hybridized carbons (Fsp3) is 0.158. The molecule has 0 spiro atoms. The first kappa shape index (κ1) is 18.9. The van der Waals surface area contributed by atoms with Gasteiger partial charge in [-0.15, -0.1) is 0 Å². The van der Waals surface area contributed by atoms with Crippen LogP contribution < -0.4 is 14.8 Å². The normalized spacial score (nSPS) is 13.0. The molecule has 12 heteroatoms. The fourth-order valence-corrected chi connectivity index (χ4v) is 3.10. The van der Waals surface area contributed by atoms with Crippen LogP contribution in [-0.4, -0.2) is 32.5 Å². The lowest BCUT2D eigenvalue weighted by molar-refractivity contribution is -0.142. The number of hydrogen-bond acceptors (Lipinski definition) is 7. The molecule has 4 aromatic rings. The Morgan fingerprint density at radius 2 is 1.94 bits per heavy atom. The van der Waals surface area contributed by atoms with Crippen LogP contribution in [-0.2, 0) is 6.18 Å². The second kappa shape index (κ2) is 6.72. The maximum absolute atomic E-state index is 13.7. The largest absolute Gasteiger partial charge is 0.454 e. The topological polar surface area (TPSA) is 104 Å². The number of fused-ring (bicyclic) bond motifs is 2. The molecular weight excluding hydrogens is 419 g/mol. The second-order valence-corrected chi connectivity index (χ2v) is 6.67. The van der Waals surface area contributed by atoms with Crippen molar-refractivity contribution < 1.29 is 32.0 Å². The summed E-state index contributed by atoms with van der Waals surface area (Å²) in [6.45, 7) is 1.66. The zero-order valence-electron chi connectivity index (χ0n) is 15.7. The van der Waals surface area contributed by atoms with Gasteiger partial charge < -0.3 is 19.3 Å². The molecule has 3 aromatic heterocycles. The third-order valence-electron chi connectivity index (χ3n) is 4.49. The minimum absolute atomic E-state index is 0.0329. The number of benzene rings is 1. The van der Waals surface area contributed by atoms with Crippen molar-refractivity contribution in [2.24, 2.45) is 0 Å². The number of hydrogen-bond donors (Lipinski definition) is 1. The van der Waals surface area contributed by atoms with Crippen LogP contribution in [0.2, 0.25) is 0 Å². The molecule has 5 rings (SSSR count). The van der Waals surface area contributed by atoms with E-state index in [-0.39, 0.29) is 29.6 Å². The summed E-state index contributed by atoms with van der Waals surface area (Å²) in [6, 6.07) is 8.19. The van der Waals surface area contributed by atoms with E-state index < -0.39 is 17.8 Å². The van der Waals surface area contributed by atoms with Gasteiger partial charge in [0.05, 0.1) is 5.69 Å². The van der Waals surface area contributed by atoms with Gasteiger partial charge in [-0.1, -0.05) is 5.16 Å². The maximum atomic E-state index is 13.7. The number of ether oxygens (including phenoxy) is 2. The highest BCUT2D eigenvalue weighted by atomic mass is 19.4. The van der Waals surface area contributed by atoms with Crippen LogP contribution in [0.25, 0.3) is 16.9 Å². The molecular formula is C19H12F3N5O4. The third kappa shape index (κ3) is 3.41. The van der Waals surface area contributed by atoms with E-state index in [0.717, 1.165) is 12.1 Å². The zero-order chi connectivity index (χ0) is 21.8. The molecule has 1 N–H and O–H groups in total. The highest BCUT2D eigenvalue weighted by molar-refractivity contribution is 6.03. The number of carbonyl (C=O) groups excluding carboxylic acids is 1. The Morgan fingerprint density at radius 1 is 1.13 bits per heavy atom. The Hall–Kier alpha value is -4.09. The van der Waals surface area contributed by atoms with Crippen LogP contribution >= 0.6 is 0 Å². The number of nitrogens with zero attached hydrogens (tertiary/aromatic N) is 4. The summed E-state index contributed by atoms with van der Waals surface area (Å²) in [5, 5.41) is 9.82. The highest BCUT2D eigenvalue weighted by Crippen LogP contribution is 2.37. The predicted octanol–water partition coefficient (Wildman–Crippen LogP) is 3.69. The van der Waals surface area contributed by atoms with Gasteiger partial charge in [0.2, 0.25) is 6.79 Å². The maximum Gasteiger partial charge on any atom is 0.433 e. The van der Waals surface area contributed by atoms with Crippen molar-refractivity contribution in [1.82, 2.24) is 19.8 Å². The molecule has 9 nitrogen and oxygen atoms in total. The third-order valence-corrected chi connectivity index (χ3v) is 4.49. The smallest absolute Gasteiger partial charge is 0.433 e. The van der Waals surface area contributed by atoms with Gasteiger partial charge in [-0.05, 0) is 31.2 Å². The van der Waals surface area contributed by atoms with Crippen molar-refractivity contribution in [3.8, 4) is 22.8 Å². The molecule has 0 fully saturated rings. The van der Waals surface area contributed by atoms with E-state index in [9.17, 15) is 18.0 Å². The molecule has 158 valence electrons. The lowest BCUT2D eigenvalue weighted by Gasteiger charge is -2.11. The average Bonchev–Trinajstić information content (AvgIpc) is 3.44. The molecule has 0 aliphatic carbocycles. The van der Waals surface area contributed by atoms with Crippen LogP contribution in [0.4, 0.5) is 19.0 Å². The predicted molar refractivity (Wildman–Crippen MR) is 98.7 cm³/mol. The van der Waals surface area contributed by atoms with E-state index >= 15 is 0 Å². The first-order valence-electron chi connectivity index (χ1n) is 8.91. The van der Waals surface area contributed by atoms with Gasteiger partial charge in [-0.2, -0.15) is 18.3 Å². The fourth-order valence-electron chi connectivity index (χ4n) is 3.10. The van der Waals surface area contributed by atoms with Gasteiger partial charge >= 0.3 is 6.18 Å². The standard InChI is InChI=1S/C19H12F3N5O4/c1-9-4-16(26-31-9)24-18(28)12-7-17-23-11(6-15(19(20,21)22)27(17)25-12)10-2-3-13-14(5-10)30-8-29-13/h2-7H,8H2,1H3,(H,24,26,28). The number of amides is 1. The number of anilines is 1. The molecule has 31 heavy (non-hydrogen) atoms. The Bertz CT molecular complexity index is 1330. The van der Waals surface area contributed by atoms with Gasteiger partial charge in [0.1, 0.15) is 5.76 Å². The first-order chi connectivity index (χ1) is 14.8.